The van der Waals surface area contributed by atoms with Gasteiger partial charge in [-0.1, -0.05) is 12.1 Å². The highest BCUT2D eigenvalue weighted by molar-refractivity contribution is 7.89. The maximum Gasteiger partial charge on any atom is 0.265 e. The molecular formula is C20H21N3O6S. The number of amides is 2. The number of anilines is 1. The summed E-state index contributed by atoms with van der Waals surface area (Å²) < 4.78 is 28.0. The third-order valence-electron chi connectivity index (χ3n) is 4.73. The maximum atomic E-state index is 12.7. The number of hydrogen-bond donors (Lipinski definition) is 2. The van der Waals surface area contributed by atoms with Gasteiger partial charge in [0, 0.05) is 12.1 Å². The van der Waals surface area contributed by atoms with Crippen molar-refractivity contribution in [1.82, 2.24) is 5.32 Å². The van der Waals surface area contributed by atoms with E-state index in [2.05, 4.69) is 5.32 Å². The molecule has 1 heterocycles. The van der Waals surface area contributed by atoms with E-state index in [9.17, 15) is 22.8 Å². The van der Waals surface area contributed by atoms with Crippen molar-refractivity contribution < 1.29 is 27.5 Å². The molecule has 2 aromatic carbocycles. The predicted octanol–water partition coefficient (Wildman–Crippen LogP) is 0.967. The van der Waals surface area contributed by atoms with Gasteiger partial charge in [0.1, 0.15) is 11.8 Å². The molecule has 2 amide bonds. The van der Waals surface area contributed by atoms with Crippen LogP contribution in [0.3, 0.4) is 0 Å². The second kappa shape index (κ2) is 8.25. The number of primary sulfonamides is 1. The standard InChI is InChI=1S/C20H21N3O6S/c1-12(20(26)22-10-14-3-6-16(7-4-14)30(21,27)28)23-17-9-15(13(2)24)5-8-18(17)29-11-19(23)25/h3-9,12H,10-11H2,1-2H3,(H,22,26)(H2,21,27,28). The molecule has 0 aliphatic carbocycles. The van der Waals surface area contributed by atoms with Crippen LogP contribution in [0.4, 0.5) is 5.69 Å². The van der Waals surface area contributed by atoms with Crippen LogP contribution in [0.15, 0.2) is 47.4 Å². The van der Waals surface area contributed by atoms with Gasteiger partial charge in [0.15, 0.2) is 12.4 Å². The molecule has 30 heavy (non-hydrogen) atoms. The van der Waals surface area contributed by atoms with Crippen LogP contribution in [-0.2, 0) is 26.2 Å². The van der Waals surface area contributed by atoms with E-state index < -0.39 is 27.9 Å². The van der Waals surface area contributed by atoms with Gasteiger partial charge in [-0.25, -0.2) is 13.6 Å². The summed E-state index contributed by atoms with van der Waals surface area (Å²) in [7, 11) is -3.79. The first-order valence-electron chi connectivity index (χ1n) is 9.07. The van der Waals surface area contributed by atoms with Crippen LogP contribution in [0.1, 0.15) is 29.8 Å². The quantitative estimate of drug-likeness (QED) is 0.654. The van der Waals surface area contributed by atoms with E-state index in [0.29, 0.717) is 22.6 Å². The fraction of sp³-hybridized carbons (Fsp3) is 0.250. The molecule has 0 saturated carbocycles. The van der Waals surface area contributed by atoms with Crippen molar-refractivity contribution in [2.45, 2.75) is 31.3 Å². The van der Waals surface area contributed by atoms with Crippen LogP contribution >= 0.6 is 0 Å². The fourth-order valence-corrected chi connectivity index (χ4v) is 3.58. The number of nitrogens with zero attached hydrogens (tertiary/aromatic N) is 1. The lowest BCUT2D eigenvalue weighted by atomic mass is 10.1. The molecule has 2 aromatic rings. The molecule has 1 atom stereocenters. The van der Waals surface area contributed by atoms with E-state index in [1.807, 2.05) is 0 Å². The van der Waals surface area contributed by atoms with E-state index in [1.54, 1.807) is 31.2 Å². The Morgan fingerprint density at radius 1 is 1.20 bits per heavy atom. The van der Waals surface area contributed by atoms with Crippen LogP contribution < -0.4 is 20.1 Å². The maximum absolute atomic E-state index is 12.7. The van der Waals surface area contributed by atoms with Crippen molar-refractivity contribution in [1.29, 1.82) is 0 Å². The molecule has 0 radical (unpaired) electrons. The summed E-state index contributed by atoms with van der Waals surface area (Å²) in [5.41, 5.74) is 1.43. The molecule has 0 spiro atoms. The van der Waals surface area contributed by atoms with Gasteiger partial charge in [0.25, 0.3) is 5.91 Å². The molecular weight excluding hydrogens is 410 g/mol. The van der Waals surface area contributed by atoms with E-state index in [1.165, 1.54) is 30.0 Å². The topological polar surface area (TPSA) is 136 Å². The van der Waals surface area contributed by atoms with Crippen molar-refractivity contribution in [3.63, 3.8) is 0 Å². The van der Waals surface area contributed by atoms with Crippen molar-refractivity contribution >= 4 is 33.3 Å². The number of ketones is 1. The third kappa shape index (κ3) is 4.50. The van der Waals surface area contributed by atoms with Crippen LogP contribution in [-0.4, -0.2) is 38.7 Å². The SMILES string of the molecule is CC(=O)c1ccc2c(c1)N(C(C)C(=O)NCc1ccc(S(N)(=O)=O)cc1)C(=O)CO2. The molecule has 0 aromatic heterocycles. The Kier molecular flexibility index (Phi) is 5.90. The Labute approximate surface area is 173 Å². The Balaban J connectivity index is 1.75. The Bertz CT molecular complexity index is 1110. The van der Waals surface area contributed by atoms with Crippen LogP contribution in [0, 0.1) is 0 Å². The minimum Gasteiger partial charge on any atom is -0.482 e. The van der Waals surface area contributed by atoms with Crippen molar-refractivity contribution in [3.05, 3.63) is 53.6 Å². The first kappa shape index (κ1) is 21.5. The number of rotatable bonds is 6. The van der Waals surface area contributed by atoms with Gasteiger partial charge in [0.05, 0.1) is 10.6 Å². The van der Waals surface area contributed by atoms with Crippen LogP contribution in [0.5, 0.6) is 5.75 Å². The zero-order valence-corrected chi connectivity index (χ0v) is 17.2. The molecule has 0 fully saturated rings. The highest BCUT2D eigenvalue weighted by Crippen LogP contribution is 2.34. The molecule has 1 aliphatic rings. The number of benzene rings is 2. The largest absolute Gasteiger partial charge is 0.482 e. The Morgan fingerprint density at radius 2 is 1.87 bits per heavy atom. The Morgan fingerprint density at radius 3 is 2.47 bits per heavy atom. The average molecular weight is 431 g/mol. The molecule has 158 valence electrons. The van der Waals surface area contributed by atoms with Gasteiger partial charge in [0.2, 0.25) is 15.9 Å². The highest BCUT2D eigenvalue weighted by Gasteiger charge is 2.33. The number of ether oxygens (including phenoxy) is 1. The zero-order valence-electron chi connectivity index (χ0n) is 16.4. The van der Waals surface area contributed by atoms with Gasteiger partial charge in [-0.3, -0.25) is 19.3 Å². The monoisotopic (exact) mass is 431 g/mol. The lowest BCUT2D eigenvalue weighted by Gasteiger charge is -2.33. The number of carbonyl (C=O) groups is 3. The summed E-state index contributed by atoms with van der Waals surface area (Å²) >= 11 is 0. The molecule has 10 heteroatoms. The van der Waals surface area contributed by atoms with Gasteiger partial charge in [-0.15, -0.1) is 0 Å². The molecule has 1 aliphatic heterocycles. The second-order valence-electron chi connectivity index (χ2n) is 6.87. The molecule has 3 N–H and O–H groups in total. The molecule has 3 rings (SSSR count). The minimum absolute atomic E-state index is 0.0252. The Hall–Kier alpha value is -3.24. The summed E-state index contributed by atoms with van der Waals surface area (Å²) in [6, 6.07) is 9.67. The summed E-state index contributed by atoms with van der Waals surface area (Å²) in [5, 5.41) is 7.79. The van der Waals surface area contributed by atoms with Gasteiger partial charge < -0.3 is 10.1 Å². The van der Waals surface area contributed by atoms with Crippen molar-refractivity contribution in [2.75, 3.05) is 11.5 Å². The fourth-order valence-electron chi connectivity index (χ4n) is 3.07. The number of nitrogens with one attached hydrogen (secondary N) is 1. The first-order chi connectivity index (χ1) is 14.1. The third-order valence-corrected chi connectivity index (χ3v) is 5.66. The summed E-state index contributed by atoms with van der Waals surface area (Å²) in [5.74, 6) is -0.572. The molecule has 0 saturated heterocycles. The normalized spacial score (nSPS) is 14.5. The number of Topliss-reactive ketones (excluding diaryl/α,β-unsaturated/α-hetero) is 1. The smallest absolute Gasteiger partial charge is 0.265 e. The molecule has 1 unspecified atom stereocenters. The van der Waals surface area contributed by atoms with E-state index in [0.717, 1.165) is 0 Å². The van der Waals surface area contributed by atoms with E-state index in [-0.39, 0.29) is 23.8 Å². The molecule has 0 bridgehead atoms. The summed E-state index contributed by atoms with van der Waals surface area (Å²) in [6.45, 7) is 2.91. The van der Waals surface area contributed by atoms with E-state index in [4.69, 9.17) is 9.88 Å². The zero-order chi connectivity index (χ0) is 22.1. The number of carbonyl (C=O) groups excluding carboxylic acids is 3. The van der Waals surface area contributed by atoms with Gasteiger partial charge in [-0.2, -0.15) is 0 Å². The highest BCUT2D eigenvalue weighted by atomic mass is 32.2. The number of sulfonamides is 1. The van der Waals surface area contributed by atoms with Crippen LogP contribution in [0.2, 0.25) is 0 Å². The lowest BCUT2D eigenvalue weighted by molar-refractivity contribution is -0.127. The van der Waals surface area contributed by atoms with Crippen molar-refractivity contribution in [3.8, 4) is 5.75 Å². The molecule has 9 nitrogen and oxygen atoms in total. The number of hydrogen-bond acceptors (Lipinski definition) is 6. The lowest BCUT2D eigenvalue weighted by Crippen LogP contribution is -2.51. The minimum atomic E-state index is -3.79. The van der Waals surface area contributed by atoms with E-state index >= 15 is 0 Å². The average Bonchev–Trinajstić information content (AvgIpc) is 2.70. The number of fused-ring (bicyclic) bond motifs is 1. The first-order valence-corrected chi connectivity index (χ1v) is 10.6. The van der Waals surface area contributed by atoms with Gasteiger partial charge >= 0.3 is 0 Å². The predicted molar refractivity (Wildman–Crippen MR) is 109 cm³/mol. The van der Waals surface area contributed by atoms with Crippen LogP contribution in [0.25, 0.3) is 0 Å². The van der Waals surface area contributed by atoms with Gasteiger partial charge in [-0.05, 0) is 49.7 Å². The number of nitrogens with two attached hydrogens (primary N) is 1. The summed E-state index contributed by atoms with van der Waals surface area (Å²) in [6.07, 6.45) is 0. The second-order valence-corrected chi connectivity index (χ2v) is 8.44. The summed E-state index contributed by atoms with van der Waals surface area (Å²) in [4.78, 5) is 38.1. The van der Waals surface area contributed by atoms with Crippen molar-refractivity contribution in [2.24, 2.45) is 5.14 Å².